The Kier molecular flexibility index (Phi) is 7.28. The third kappa shape index (κ3) is 4.12. The molecule has 7 heteroatoms. The van der Waals surface area contributed by atoms with Crippen molar-refractivity contribution in [3.8, 4) is 0 Å². The van der Waals surface area contributed by atoms with Crippen molar-refractivity contribution < 1.29 is 0 Å². The zero-order valence-corrected chi connectivity index (χ0v) is 25.2. The predicted molar refractivity (Wildman–Crippen MR) is 148 cm³/mol. The van der Waals surface area contributed by atoms with Crippen LogP contribution in [0.3, 0.4) is 0 Å². The average molecular weight is 676 g/mol. The summed E-state index contributed by atoms with van der Waals surface area (Å²) in [6.07, 6.45) is 0. The number of benzene rings is 2. The summed E-state index contributed by atoms with van der Waals surface area (Å²) in [5, 5.41) is 0. The van der Waals surface area contributed by atoms with E-state index in [9.17, 15) is 0 Å². The minimum atomic E-state index is -2.59. The molecule has 2 aromatic rings. The van der Waals surface area contributed by atoms with Crippen molar-refractivity contribution in [1.82, 2.24) is 4.81 Å². The second-order valence-corrected chi connectivity index (χ2v) is 39.2. The van der Waals surface area contributed by atoms with E-state index >= 15 is 0 Å². The molecule has 1 saturated heterocycles. The Morgan fingerprint density at radius 3 is 1.31 bits per heavy atom. The molecular formula is C22H32BGeI2N3. The molecule has 0 spiro atoms. The van der Waals surface area contributed by atoms with Gasteiger partial charge in [0, 0.05) is 0 Å². The molecule has 0 aliphatic carbocycles. The summed E-state index contributed by atoms with van der Waals surface area (Å²) in [6.45, 7) is 18.4. The van der Waals surface area contributed by atoms with Gasteiger partial charge in [0.1, 0.15) is 0 Å². The van der Waals surface area contributed by atoms with Crippen molar-refractivity contribution in [2.75, 3.05) is 7.54 Å². The first-order valence-corrected chi connectivity index (χ1v) is 25.0. The zero-order chi connectivity index (χ0) is 21.7. The quantitative estimate of drug-likeness (QED) is 0.260. The Morgan fingerprint density at radius 2 is 1.03 bits per heavy atom. The van der Waals surface area contributed by atoms with Gasteiger partial charge < -0.3 is 0 Å². The number of hydrogen-bond donors (Lipinski definition) is 0. The molecule has 1 aliphatic heterocycles. The van der Waals surface area contributed by atoms with Gasteiger partial charge in [-0.2, -0.15) is 0 Å². The van der Waals surface area contributed by atoms with Crippen LogP contribution in [-0.2, 0) is 0 Å². The Hall–Kier alpha value is 0.0678. The van der Waals surface area contributed by atoms with Gasteiger partial charge in [0.25, 0.3) is 0 Å². The van der Waals surface area contributed by atoms with Gasteiger partial charge in [0.15, 0.2) is 0 Å². The van der Waals surface area contributed by atoms with Gasteiger partial charge >= 0.3 is 204 Å². The van der Waals surface area contributed by atoms with Gasteiger partial charge in [0.05, 0.1) is 0 Å². The molecule has 2 aromatic carbocycles. The summed E-state index contributed by atoms with van der Waals surface area (Å²) in [5.41, 5.74) is 8.41. The number of rotatable bonds is 5. The van der Waals surface area contributed by atoms with Gasteiger partial charge in [-0.25, -0.2) is 0 Å². The maximum absolute atomic E-state index is 2.82. The molecule has 0 unspecified atom stereocenters. The Bertz CT molecular complexity index is 794. The van der Waals surface area contributed by atoms with E-state index in [2.05, 4.69) is 145 Å². The number of nitrogens with zero attached hydrogens (tertiary/aromatic N) is 3. The van der Waals surface area contributed by atoms with Crippen LogP contribution in [0.1, 0.15) is 49.9 Å². The van der Waals surface area contributed by atoms with Crippen molar-refractivity contribution in [2.24, 2.45) is 0 Å². The average Bonchev–Trinajstić information content (AvgIpc) is 2.59. The van der Waals surface area contributed by atoms with E-state index in [-0.39, 0.29) is 7.12 Å². The third-order valence-corrected chi connectivity index (χ3v) is 21.0. The molecule has 0 amide bonds. The fourth-order valence-corrected chi connectivity index (χ4v) is 19.9. The van der Waals surface area contributed by atoms with Crippen LogP contribution in [0, 0.1) is 27.7 Å². The van der Waals surface area contributed by atoms with Crippen LogP contribution in [-0.4, -0.2) is 31.1 Å². The van der Waals surface area contributed by atoms with Crippen LogP contribution in [0.25, 0.3) is 0 Å². The van der Waals surface area contributed by atoms with Crippen molar-refractivity contribution in [2.45, 2.75) is 67.5 Å². The van der Waals surface area contributed by atoms with E-state index in [1.54, 1.807) is 0 Å². The summed E-state index contributed by atoms with van der Waals surface area (Å²) in [6, 6.07) is 14.4. The van der Waals surface area contributed by atoms with E-state index in [1.165, 1.54) is 33.6 Å². The van der Waals surface area contributed by atoms with Crippen LogP contribution < -0.4 is 7.54 Å². The Labute approximate surface area is 202 Å². The van der Waals surface area contributed by atoms with Crippen LogP contribution in [0.15, 0.2) is 36.4 Å². The van der Waals surface area contributed by atoms with Crippen molar-refractivity contribution in [3.05, 3.63) is 58.7 Å². The molecule has 0 bridgehead atoms. The monoisotopic (exact) mass is 677 g/mol. The zero-order valence-electron chi connectivity index (χ0n) is 18.8. The number of aryl methyl sites for hydroxylation is 4. The summed E-state index contributed by atoms with van der Waals surface area (Å²) in [5.74, 6) is 0. The first kappa shape index (κ1) is 23.7. The van der Waals surface area contributed by atoms with Crippen LogP contribution in [0.4, 0.5) is 11.4 Å². The van der Waals surface area contributed by atoms with Crippen molar-refractivity contribution in [3.63, 3.8) is 0 Å². The summed E-state index contributed by atoms with van der Waals surface area (Å²) >= 11 is 5.64. The van der Waals surface area contributed by atoms with Gasteiger partial charge in [0.2, 0.25) is 0 Å². The number of para-hydroxylation sites is 2. The Morgan fingerprint density at radius 1 is 0.724 bits per heavy atom. The van der Waals surface area contributed by atoms with Gasteiger partial charge in [-0.05, 0) is 0 Å². The summed E-state index contributed by atoms with van der Waals surface area (Å²) in [7, 11) is -2.34. The van der Waals surface area contributed by atoms with E-state index in [4.69, 9.17) is 0 Å². The molecule has 1 aliphatic rings. The van der Waals surface area contributed by atoms with Crippen LogP contribution in [0.5, 0.6) is 0 Å². The first-order chi connectivity index (χ1) is 13.5. The molecule has 0 atom stereocenters. The minimum absolute atomic E-state index is 0.253. The standard InChI is InChI=1S/C22H32BGeI2N3/c1-15(2)27(16(3)4)23-28(21-17(5)11-9-12-18(21)6)24(25,26)29(23)22-19(7)13-10-14-20(22)8/h9-16H,1-8H3. The van der Waals surface area contributed by atoms with E-state index < -0.39 is 7.09 Å². The Balaban J connectivity index is 2.24. The molecule has 3 nitrogen and oxygen atoms in total. The molecular weight excluding hydrogens is 643 g/mol. The molecule has 3 rings (SSSR count). The molecule has 1 fully saturated rings. The van der Waals surface area contributed by atoms with Crippen LogP contribution in [0.2, 0.25) is 0 Å². The molecule has 0 N–H and O–H groups in total. The third-order valence-electron chi connectivity index (χ3n) is 5.86. The fourth-order valence-electron chi connectivity index (χ4n) is 4.72. The molecule has 1 heterocycles. The topological polar surface area (TPSA) is 9.72 Å². The predicted octanol–water partition coefficient (Wildman–Crippen LogP) is 6.66. The normalized spacial score (nSPS) is 16.2. The second kappa shape index (κ2) is 8.90. The van der Waals surface area contributed by atoms with E-state index in [1.807, 2.05) is 0 Å². The number of halogens is 2. The number of anilines is 2. The number of hydrogen-bond acceptors (Lipinski definition) is 3. The first-order valence-electron chi connectivity index (χ1n) is 10.4. The van der Waals surface area contributed by atoms with E-state index in [0.717, 1.165) is 0 Å². The van der Waals surface area contributed by atoms with E-state index in [0.29, 0.717) is 12.1 Å². The van der Waals surface area contributed by atoms with Crippen molar-refractivity contribution in [1.29, 1.82) is 0 Å². The fraction of sp³-hybridized carbons (Fsp3) is 0.455. The van der Waals surface area contributed by atoms with Crippen LogP contribution >= 0.6 is 40.4 Å². The molecule has 29 heavy (non-hydrogen) atoms. The summed E-state index contributed by atoms with van der Waals surface area (Å²) in [4.78, 5) is 2.68. The summed E-state index contributed by atoms with van der Waals surface area (Å²) < 4.78 is 5.61. The van der Waals surface area contributed by atoms with Gasteiger partial charge in [-0.15, -0.1) is 0 Å². The molecule has 156 valence electrons. The van der Waals surface area contributed by atoms with Crippen molar-refractivity contribution >= 4 is 66.0 Å². The molecule has 0 saturated carbocycles. The maximum atomic E-state index is 2.82. The van der Waals surface area contributed by atoms with Gasteiger partial charge in [-0.3, -0.25) is 0 Å². The van der Waals surface area contributed by atoms with Gasteiger partial charge in [-0.1, -0.05) is 0 Å². The SMILES string of the molecule is Cc1cccc(C)c1[N]1B(N(C(C)C)C(C)C)[N](c2c(C)cccc2C)[Ge]1([I])[I]. The molecule has 0 aromatic heterocycles. The second-order valence-electron chi connectivity index (χ2n) is 8.71. The molecule has 0 radical (unpaired) electrons.